The molecule has 19 nitrogen and oxygen atoms in total. The standard InChI is InChI=1S/C9H11IN2O5.3H3O4P/c10-4-2-12(9(16)11-8(4)15)7-1-5(14)6(3-13)17-7;3*1-5(2,3)4/h2,5-7,13-14H,1,3H2,(H,11,15,16);3*(H3,1,2,3,4)/t5-,6+,7+;;;/m0.../s1. The molecule has 0 unspecified atom stereocenters. The molecule has 0 amide bonds. The van der Waals surface area contributed by atoms with E-state index in [2.05, 4.69) is 4.98 Å². The number of halogens is 1. The van der Waals surface area contributed by atoms with E-state index in [1.165, 1.54) is 10.8 Å². The Morgan fingerprint density at radius 2 is 1.34 bits per heavy atom. The summed E-state index contributed by atoms with van der Waals surface area (Å²) in [5, 5.41) is 18.5. The van der Waals surface area contributed by atoms with Crippen molar-refractivity contribution in [3.8, 4) is 0 Å². The first-order valence-corrected chi connectivity index (χ1v) is 13.1. The Morgan fingerprint density at radius 1 is 0.969 bits per heavy atom. The summed E-state index contributed by atoms with van der Waals surface area (Å²) in [6, 6.07) is 0. The summed E-state index contributed by atoms with van der Waals surface area (Å²) in [4.78, 5) is 89.6. The lowest BCUT2D eigenvalue weighted by atomic mass is 10.2. The molecule has 12 N–H and O–H groups in total. The van der Waals surface area contributed by atoms with Gasteiger partial charge in [-0.2, -0.15) is 0 Å². The summed E-state index contributed by atoms with van der Waals surface area (Å²) in [5.74, 6) is 0. The number of nitrogens with one attached hydrogen (secondary N) is 1. The number of hydrogen-bond acceptors (Lipinski definition) is 8. The van der Waals surface area contributed by atoms with Gasteiger partial charge in [0.25, 0.3) is 5.56 Å². The first-order valence-electron chi connectivity index (χ1n) is 7.33. The molecule has 32 heavy (non-hydrogen) atoms. The van der Waals surface area contributed by atoms with Gasteiger partial charge in [0.2, 0.25) is 0 Å². The fourth-order valence-electron chi connectivity index (χ4n) is 1.72. The van der Waals surface area contributed by atoms with Crippen LogP contribution in [-0.2, 0) is 18.4 Å². The van der Waals surface area contributed by atoms with E-state index in [9.17, 15) is 14.7 Å². The molecule has 2 heterocycles. The number of rotatable bonds is 2. The molecule has 1 aromatic rings. The zero-order valence-corrected chi connectivity index (χ0v) is 20.1. The Hall–Kier alpha value is -0.380. The molecule has 0 aromatic carbocycles. The van der Waals surface area contributed by atoms with Gasteiger partial charge in [-0.1, -0.05) is 0 Å². The van der Waals surface area contributed by atoms with Gasteiger partial charge in [-0.25, -0.2) is 18.5 Å². The number of aliphatic hydroxyl groups is 2. The minimum Gasteiger partial charge on any atom is -0.394 e. The van der Waals surface area contributed by atoms with Crippen LogP contribution in [0.1, 0.15) is 12.6 Å². The molecular formula is C9H20IN2O17P3. The van der Waals surface area contributed by atoms with Crippen molar-refractivity contribution in [1.29, 1.82) is 0 Å². The lowest BCUT2D eigenvalue weighted by molar-refractivity contribution is -0.0459. The topological polar surface area (TPSA) is 338 Å². The van der Waals surface area contributed by atoms with Crippen LogP contribution in [0, 0.1) is 3.57 Å². The highest BCUT2D eigenvalue weighted by atomic mass is 127. The number of H-pyrrole nitrogens is 1. The maximum Gasteiger partial charge on any atom is 0.466 e. The molecule has 0 aliphatic carbocycles. The van der Waals surface area contributed by atoms with Crippen LogP contribution in [0.4, 0.5) is 0 Å². The van der Waals surface area contributed by atoms with E-state index in [1.807, 2.05) is 0 Å². The third-order valence-corrected chi connectivity index (χ3v) is 3.39. The van der Waals surface area contributed by atoms with Gasteiger partial charge in [0.1, 0.15) is 12.3 Å². The van der Waals surface area contributed by atoms with E-state index in [0.717, 1.165) is 0 Å². The van der Waals surface area contributed by atoms with Gasteiger partial charge < -0.3 is 59.0 Å². The maximum atomic E-state index is 11.6. The van der Waals surface area contributed by atoms with Crippen LogP contribution in [0.3, 0.4) is 0 Å². The van der Waals surface area contributed by atoms with Crippen LogP contribution in [0.15, 0.2) is 15.8 Å². The molecule has 1 aliphatic heterocycles. The highest BCUT2D eigenvalue weighted by Gasteiger charge is 2.35. The summed E-state index contributed by atoms with van der Waals surface area (Å²) >= 11 is 1.80. The predicted molar refractivity (Wildman–Crippen MR) is 108 cm³/mol. The quantitative estimate of drug-likeness (QED) is 0.107. The zero-order chi connectivity index (χ0) is 26.1. The van der Waals surface area contributed by atoms with Gasteiger partial charge in [0.05, 0.1) is 16.3 Å². The van der Waals surface area contributed by atoms with Crippen molar-refractivity contribution in [2.75, 3.05) is 6.61 Å². The second-order valence-corrected chi connectivity index (χ2v) is 9.54. The van der Waals surface area contributed by atoms with Crippen molar-refractivity contribution in [2.45, 2.75) is 24.9 Å². The maximum absolute atomic E-state index is 11.6. The average molecular weight is 648 g/mol. The Bertz CT molecular complexity index is 888. The summed E-state index contributed by atoms with van der Waals surface area (Å²) < 4.78 is 33.5. The van der Waals surface area contributed by atoms with Gasteiger partial charge in [0, 0.05) is 12.6 Å². The molecule has 1 aliphatic rings. The Balaban J connectivity index is 0. The van der Waals surface area contributed by atoms with Crippen molar-refractivity contribution >= 4 is 46.1 Å². The van der Waals surface area contributed by atoms with Crippen LogP contribution in [0.2, 0.25) is 0 Å². The van der Waals surface area contributed by atoms with Crippen molar-refractivity contribution in [3.05, 3.63) is 30.6 Å². The fraction of sp³-hybridized carbons (Fsp3) is 0.556. The van der Waals surface area contributed by atoms with Gasteiger partial charge in [-0.15, -0.1) is 0 Å². The molecular weight excluding hydrogens is 628 g/mol. The largest absolute Gasteiger partial charge is 0.466 e. The number of aromatic nitrogens is 2. The second-order valence-electron chi connectivity index (χ2n) is 5.30. The lowest BCUT2D eigenvalue weighted by Gasteiger charge is -2.14. The molecule has 0 spiro atoms. The minimum absolute atomic E-state index is 0.202. The second kappa shape index (κ2) is 14.1. The fourth-order valence-corrected chi connectivity index (χ4v) is 2.16. The SMILES string of the molecule is O=P(O)(O)O.O=P(O)(O)O.O=P(O)(O)O.O=c1[nH]c(=O)n([C@H]2C[C@H](O)[C@@H](CO)O2)cc1I. The highest BCUT2D eigenvalue weighted by molar-refractivity contribution is 14.1. The molecule has 0 radical (unpaired) electrons. The first-order chi connectivity index (χ1) is 14.0. The first kappa shape index (κ1) is 33.8. The molecule has 3 atom stereocenters. The third kappa shape index (κ3) is 21.5. The number of aliphatic hydroxyl groups excluding tert-OH is 2. The van der Waals surface area contributed by atoms with Crippen molar-refractivity contribution in [1.82, 2.24) is 9.55 Å². The minimum atomic E-state index is -4.64. The van der Waals surface area contributed by atoms with E-state index in [0.29, 0.717) is 3.57 Å². The van der Waals surface area contributed by atoms with E-state index in [1.54, 1.807) is 22.6 Å². The van der Waals surface area contributed by atoms with Crippen molar-refractivity contribution < 1.29 is 72.7 Å². The number of ether oxygens (including phenoxy) is 1. The third-order valence-electron chi connectivity index (χ3n) is 2.62. The van der Waals surface area contributed by atoms with Crippen LogP contribution < -0.4 is 11.2 Å². The Morgan fingerprint density at radius 3 is 1.66 bits per heavy atom. The predicted octanol–water partition coefficient (Wildman–Crippen LogP) is -4.00. The monoisotopic (exact) mass is 648 g/mol. The van der Waals surface area contributed by atoms with Crippen LogP contribution >= 0.6 is 46.1 Å². The zero-order valence-electron chi connectivity index (χ0n) is 15.3. The summed E-state index contributed by atoms with van der Waals surface area (Å²) in [6.07, 6.45) is -0.607. The molecule has 1 saturated heterocycles. The smallest absolute Gasteiger partial charge is 0.394 e. The normalized spacial score (nSPS) is 20.7. The molecule has 0 saturated carbocycles. The average Bonchev–Trinajstić information content (AvgIpc) is 2.86. The van der Waals surface area contributed by atoms with E-state index in [-0.39, 0.29) is 13.0 Å². The van der Waals surface area contributed by atoms with Crippen LogP contribution in [0.5, 0.6) is 0 Å². The highest BCUT2D eigenvalue weighted by Crippen LogP contribution is 2.28. The number of phosphoric acid groups is 3. The summed E-state index contributed by atoms with van der Waals surface area (Å²) in [7, 11) is -13.9. The van der Waals surface area contributed by atoms with E-state index in [4.69, 9.17) is 67.6 Å². The Labute approximate surface area is 190 Å². The molecule has 0 bridgehead atoms. The number of nitrogens with zero attached hydrogens (tertiary/aromatic N) is 1. The summed E-state index contributed by atoms with van der Waals surface area (Å²) in [5.41, 5.74) is -1.05. The van der Waals surface area contributed by atoms with Crippen molar-refractivity contribution in [2.24, 2.45) is 0 Å². The van der Waals surface area contributed by atoms with Crippen LogP contribution in [-0.4, -0.2) is 82.6 Å². The molecule has 2 rings (SSSR count). The lowest BCUT2D eigenvalue weighted by Crippen LogP contribution is -2.33. The van der Waals surface area contributed by atoms with E-state index < -0.39 is 53.2 Å². The van der Waals surface area contributed by atoms with E-state index >= 15 is 0 Å². The number of hydrogen-bond donors (Lipinski definition) is 12. The van der Waals surface area contributed by atoms with Gasteiger partial charge in [0.15, 0.2) is 0 Å². The molecule has 1 aromatic heterocycles. The number of aromatic amines is 1. The molecule has 190 valence electrons. The van der Waals surface area contributed by atoms with Crippen molar-refractivity contribution in [3.63, 3.8) is 0 Å². The Kier molecular flexibility index (Phi) is 14.9. The molecule has 1 fully saturated rings. The van der Waals surface area contributed by atoms with Crippen LogP contribution in [0.25, 0.3) is 0 Å². The molecule has 23 heteroatoms. The summed E-state index contributed by atoms with van der Waals surface area (Å²) in [6.45, 7) is -0.313. The van der Waals surface area contributed by atoms with Gasteiger partial charge in [-0.05, 0) is 22.6 Å². The van der Waals surface area contributed by atoms with Gasteiger partial charge >= 0.3 is 29.2 Å². The van der Waals surface area contributed by atoms with Gasteiger partial charge in [-0.3, -0.25) is 14.3 Å².